The van der Waals surface area contributed by atoms with Crippen molar-refractivity contribution in [1.29, 1.82) is 0 Å². The van der Waals surface area contributed by atoms with Crippen molar-refractivity contribution in [1.82, 2.24) is 0 Å². The van der Waals surface area contributed by atoms with Crippen LogP contribution in [0.15, 0.2) is 182 Å². The van der Waals surface area contributed by atoms with Crippen molar-refractivity contribution in [2.45, 2.75) is 0 Å². The molecule has 0 saturated heterocycles. The Morgan fingerprint density at radius 3 is 1.28 bits per heavy atom. The van der Waals surface area contributed by atoms with Gasteiger partial charge in [0.15, 0.2) is 0 Å². The maximum atomic E-state index is 2.38. The van der Waals surface area contributed by atoms with Crippen LogP contribution in [0.25, 0.3) is 87.6 Å². The lowest BCUT2D eigenvalue weighted by Crippen LogP contribution is -1.89. The van der Waals surface area contributed by atoms with Crippen LogP contribution in [0.5, 0.6) is 0 Å². The minimum Gasteiger partial charge on any atom is -0.0622 e. The highest BCUT2D eigenvalue weighted by Gasteiger charge is 2.13. The van der Waals surface area contributed by atoms with E-state index >= 15 is 0 Å². The fourth-order valence-electron chi connectivity index (χ4n) is 7.03. The molecule has 46 heavy (non-hydrogen) atoms. The molecule has 214 valence electrons. The molecule has 0 heterocycles. The smallest absolute Gasteiger partial charge is 0.00990 e. The van der Waals surface area contributed by atoms with Gasteiger partial charge in [-0.1, -0.05) is 140 Å². The molecule has 0 heteroatoms. The fraction of sp³-hybridized carbons (Fsp3) is 0. The molecule has 0 aliphatic rings. The minimum atomic E-state index is 1.22. The third-order valence-electron chi connectivity index (χ3n) is 9.37. The molecular formula is C46H30. The van der Waals surface area contributed by atoms with Crippen LogP contribution in [0.3, 0.4) is 0 Å². The van der Waals surface area contributed by atoms with Gasteiger partial charge >= 0.3 is 0 Å². The van der Waals surface area contributed by atoms with E-state index in [1.165, 1.54) is 87.6 Å². The Labute approximate surface area is 268 Å². The lowest BCUT2D eigenvalue weighted by molar-refractivity contribution is 1.58. The summed E-state index contributed by atoms with van der Waals surface area (Å²) in [5.41, 5.74) is 9.86. The van der Waals surface area contributed by atoms with Gasteiger partial charge in [0.1, 0.15) is 0 Å². The number of benzene rings is 9. The van der Waals surface area contributed by atoms with Crippen LogP contribution in [0.4, 0.5) is 0 Å². The van der Waals surface area contributed by atoms with Crippen LogP contribution in [0, 0.1) is 0 Å². The van der Waals surface area contributed by atoms with Gasteiger partial charge < -0.3 is 0 Å². The van der Waals surface area contributed by atoms with Gasteiger partial charge in [0.2, 0.25) is 0 Å². The Bertz CT molecular complexity index is 2570. The fourth-order valence-corrected chi connectivity index (χ4v) is 7.03. The maximum Gasteiger partial charge on any atom is -0.00990 e. The normalized spacial score (nSPS) is 11.5. The third-order valence-corrected chi connectivity index (χ3v) is 9.37. The van der Waals surface area contributed by atoms with Gasteiger partial charge in [-0.15, -0.1) is 0 Å². The van der Waals surface area contributed by atoms with Gasteiger partial charge in [-0.3, -0.25) is 0 Å². The van der Waals surface area contributed by atoms with Crippen LogP contribution < -0.4 is 0 Å². The molecule has 0 atom stereocenters. The van der Waals surface area contributed by atoms with E-state index in [0.29, 0.717) is 0 Å². The van der Waals surface area contributed by atoms with Gasteiger partial charge in [0.25, 0.3) is 0 Å². The number of fused-ring (bicyclic) bond motifs is 4. The van der Waals surface area contributed by atoms with Crippen molar-refractivity contribution < 1.29 is 0 Å². The molecule has 0 saturated carbocycles. The van der Waals surface area contributed by atoms with Gasteiger partial charge in [0.05, 0.1) is 0 Å². The molecular weight excluding hydrogens is 553 g/mol. The lowest BCUT2D eigenvalue weighted by Gasteiger charge is -2.15. The summed E-state index contributed by atoms with van der Waals surface area (Å²) in [6, 6.07) is 66.7. The van der Waals surface area contributed by atoms with Crippen LogP contribution in [0.2, 0.25) is 0 Å². The predicted molar refractivity (Wildman–Crippen MR) is 198 cm³/mol. The summed E-state index contributed by atoms with van der Waals surface area (Å²) < 4.78 is 0. The molecule has 0 unspecified atom stereocenters. The van der Waals surface area contributed by atoms with Crippen molar-refractivity contribution in [2.75, 3.05) is 0 Å². The average Bonchev–Trinajstić information content (AvgIpc) is 3.13. The van der Waals surface area contributed by atoms with E-state index in [0.717, 1.165) is 0 Å². The monoisotopic (exact) mass is 582 g/mol. The second kappa shape index (κ2) is 10.9. The van der Waals surface area contributed by atoms with Crippen molar-refractivity contribution in [2.24, 2.45) is 0 Å². The van der Waals surface area contributed by atoms with E-state index in [4.69, 9.17) is 0 Å². The molecule has 0 aromatic heterocycles. The molecule has 9 rings (SSSR count). The summed E-state index contributed by atoms with van der Waals surface area (Å²) in [6.45, 7) is 0. The molecule has 0 aliphatic heterocycles. The number of hydrogen-bond donors (Lipinski definition) is 0. The topological polar surface area (TPSA) is 0 Å². The molecule has 0 nitrogen and oxygen atoms in total. The SMILES string of the molecule is c1ccc(-c2cc(-c3ccc4ccccc4c3)cc(-c3cccc4cc5c(-c6ccc7ccccc7c6)cccc5cc34)c2)cc1. The minimum absolute atomic E-state index is 1.22. The van der Waals surface area contributed by atoms with E-state index in [2.05, 4.69) is 182 Å². The van der Waals surface area contributed by atoms with Crippen LogP contribution in [0.1, 0.15) is 0 Å². The first kappa shape index (κ1) is 26.4. The summed E-state index contributed by atoms with van der Waals surface area (Å²) in [6.07, 6.45) is 0. The first-order valence-corrected chi connectivity index (χ1v) is 15.9. The first-order chi connectivity index (χ1) is 22.8. The van der Waals surface area contributed by atoms with E-state index < -0.39 is 0 Å². The summed E-state index contributed by atoms with van der Waals surface area (Å²) in [4.78, 5) is 0. The molecule has 0 bridgehead atoms. The lowest BCUT2D eigenvalue weighted by atomic mass is 9.89. The Hall–Kier alpha value is -5.98. The number of hydrogen-bond acceptors (Lipinski definition) is 0. The molecule has 0 radical (unpaired) electrons. The largest absolute Gasteiger partial charge is 0.0622 e. The quantitative estimate of drug-likeness (QED) is 0.181. The van der Waals surface area contributed by atoms with Gasteiger partial charge in [-0.2, -0.15) is 0 Å². The van der Waals surface area contributed by atoms with Gasteiger partial charge in [-0.05, 0) is 130 Å². The third kappa shape index (κ3) is 4.64. The van der Waals surface area contributed by atoms with E-state index in [1.54, 1.807) is 0 Å². The Balaban J connectivity index is 1.24. The Morgan fingerprint density at radius 2 is 0.652 bits per heavy atom. The molecule has 0 aliphatic carbocycles. The molecule has 9 aromatic rings. The van der Waals surface area contributed by atoms with Crippen LogP contribution >= 0.6 is 0 Å². The van der Waals surface area contributed by atoms with E-state index in [-0.39, 0.29) is 0 Å². The molecule has 0 N–H and O–H groups in total. The molecule has 0 spiro atoms. The van der Waals surface area contributed by atoms with Crippen molar-refractivity contribution in [3.63, 3.8) is 0 Å². The summed E-state index contributed by atoms with van der Waals surface area (Å²) in [5.74, 6) is 0. The second-order valence-corrected chi connectivity index (χ2v) is 12.2. The maximum absolute atomic E-state index is 2.38. The second-order valence-electron chi connectivity index (χ2n) is 12.2. The van der Waals surface area contributed by atoms with E-state index in [1.807, 2.05) is 0 Å². The predicted octanol–water partition coefficient (Wildman–Crippen LogP) is 13.0. The van der Waals surface area contributed by atoms with Gasteiger partial charge in [-0.25, -0.2) is 0 Å². The highest BCUT2D eigenvalue weighted by molar-refractivity contribution is 6.10. The average molecular weight is 583 g/mol. The molecule has 0 amide bonds. The van der Waals surface area contributed by atoms with E-state index in [9.17, 15) is 0 Å². The summed E-state index contributed by atoms with van der Waals surface area (Å²) in [5, 5.41) is 10.1. The van der Waals surface area contributed by atoms with Crippen molar-refractivity contribution in [3.8, 4) is 44.5 Å². The highest BCUT2D eigenvalue weighted by Crippen LogP contribution is 2.39. The van der Waals surface area contributed by atoms with Crippen LogP contribution in [-0.2, 0) is 0 Å². The first-order valence-electron chi connectivity index (χ1n) is 15.9. The summed E-state index contributed by atoms with van der Waals surface area (Å²) >= 11 is 0. The Morgan fingerprint density at radius 1 is 0.196 bits per heavy atom. The number of rotatable bonds is 4. The van der Waals surface area contributed by atoms with Crippen LogP contribution in [-0.4, -0.2) is 0 Å². The van der Waals surface area contributed by atoms with Crippen molar-refractivity contribution in [3.05, 3.63) is 182 Å². The molecule has 0 fully saturated rings. The van der Waals surface area contributed by atoms with Crippen molar-refractivity contribution >= 4 is 43.1 Å². The molecule has 9 aromatic carbocycles. The zero-order valence-electron chi connectivity index (χ0n) is 25.3. The Kier molecular flexibility index (Phi) is 6.25. The summed E-state index contributed by atoms with van der Waals surface area (Å²) in [7, 11) is 0. The zero-order valence-corrected chi connectivity index (χ0v) is 25.3. The zero-order chi connectivity index (χ0) is 30.5. The van der Waals surface area contributed by atoms with Gasteiger partial charge in [0, 0.05) is 0 Å². The standard InChI is InChI=1S/C46H30/c1-2-10-31(11-3-1)40-26-41(36-22-20-32-12-4-6-14-34(32)24-36)28-42(27-40)44-19-9-17-38-29-45-37(30-46(38)44)16-8-18-43(45)39-23-21-33-13-5-7-15-35(33)25-39/h1-30H. The highest BCUT2D eigenvalue weighted by atomic mass is 14.2.